The second kappa shape index (κ2) is 7.67. The van der Waals surface area contributed by atoms with Gasteiger partial charge in [0, 0.05) is 8.07 Å². The highest BCUT2D eigenvalue weighted by molar-refractivity contribution is 6.87. The molecule has 0 rings (SSSR count). The van der Waals surface area contributed by atoms with Crippen molar-refractivity contribution in [3.63, 3.8) is 0 Å². The molecule has 0 aliphatic heterocycles. The molecule has 0 amide bonds. The van der Waals surface area contributed by atoms with Gasteiger partial charge in [0.05, 0.1) is 6.23 Å². The molecule has 118 valence electrons. The summed E-state index contributed by atoms with van der Waals surface area (Å²) in [4.78, 5) is 0. The molecule has 0 bridgehead atoms. The largest absolute Gasteiger partial charge is 0.437 e. The van der Waals surface area contributed by atoms with Gasteiger partial charge in [0.1, 0.15) is 0 Å². The molecule has 0 saturated carbocycles. The van der Waals surface area contributed by atoms with Crippen LogP contribution in [0.25, 0.3) is 0 Å². The van der Waals surface area contributed by atoms with Crippen LogP contribution in [0.1, 0.15) is 0 Å². The van der Waals surface area contributed by atoms with Crippen molar-refractivity contribution in [2.24, 2.45) is 0 Å². The summed E-state index contributed by atoms with van der Waals surface area (Å²) in [5, 5.41) is 9.17. The van der Waals surface area contributed by atoms with Crippen molar-refractivity contribution in [1.29, 1.82) is 0 Å². The van der Waals surface area contributed by atoms with Crippen LogP contribution in [0.15, 0.2) is 0 Å². The molecule has 3 nitrogen and oxygen atoms in total. The van der Waals surface area contributed by atoms with E-state index in [1.165, 1.54) is 0 Å². The van der Waals surface area contributed by atoms with Crippen LogP contribution in [0.4, 0.5) is 0 Å². The fourth-order valence-electron chi connectivity index (χ4n) is 1.46. The van der Waals surface area contributed by atoms with Crippen LogP contribution >= 0.6 is 0 Å². The van der Waals surface area contributed by atoms with Gasteiger partial charge in [-0.3, -0.25) is 0 Å². The van der Waals surface area contributed by atoms with E-state index < -0.39 is 33.3 Å². The quantitative estimate of drug-likeness (QED) is 0.760. The third kappa shape index (κ3) is 21.2. The Morgan fingerprint density at radius 3 is 1.21 bits per heavy atom. The number of aliphatic hydroxyl groups excluding tert-OH is 1. The fourth-order valence-corrected chi connectivity index (χ4v) is 13.5. The van der Waals surface area contributed by atoms with Crippen molar-refractivity contribution in [3.8, 4) is 0 Å². The maximum atomic E-state index is 9.17. The molecule has 19 heavy (non-hydrogen) atoms. The van der Waals surface area contributed by atoms with E-state index in [4.69, 9.17) is 8.23 Å². The van der Waals surface area contributed by atoms with Crippen LogP contribution in [0.3, 0.4) is 0 Å². The van der Waals surface area contributed by atoms with Crippen molar-refractivity contribution in [2.45, 2.75) is 72.0 Å². The SMILES string of the molecule is C[Si](C)(C)C.C[Si](C)(C)O[Si](C)(C)O[Si](C)(C)CO. The van der Waals surface area contributed by atoms with Crippen LogP contribution in [0.2, 0.25) is 72.0 Å². The Labute approximate surface area is 125 Å². The number of rotatable bonds is 5. The molecule has 0 aliphatic carbocycles. The summed E-state index contributed by atoms with van der Waals surface area (Å²) in [5.74, 6) is 0. The molecule has 0 aliphatic rings. The first-order valence-corrected chi connectivity index (χ1v) is 20.3. The van der Waals surface area contributed by atoms with Crippen LogP contribution < -0.4 is 0 Å². The number of hydrogen-bond donors (Lipinski definition) is 1. The lowest BCUT2D eigenvalue weighted by Gasteiger charge is -2.36. The van der Waals surface area contributed by atoms with Crippen LogP contribution in [-0.4, -0.2) is 44.6 Å². The minimum absolute atomic E-state index is 0.165. The molecule has 0 heterocycles. The topological polar surface area (TPSA) is 38.7 Å². The molecular formula is C12H36O3Si4. The summed E-state index contributed by atoms with van der Waals surface area (Å²) < 4.78 is 12.0. The average molecular weight is 341 g/mol. The Balaban J connectivity index is 0. The van der Waals surface area contributed by atoms with E-state index in [0.29, 0.717) is 0 Å². The predicted octanol–water partition coefficient (Wildman–Crippen LogP) is 4.25. The van der Waals surface area contributed by atoms with Crippen LogP contribution in [0.5, 0.6) is 0 Å². The summed E-state index contributed by atoms with van der Waals surface area (Å²) in [6.45, 7) is 24.0. The first kappa shape index (κ1) is 22.0. The molecule has 0 saturated heterocycles. The van der Waals surface area contributed by atoms with E-state index in [2.05, 4.69) is 58.9 Å². The third-order valence-electron chi connectivity index (χ3n) is 1.45. The van der Waals surface area contributed by atoms with Crippen molar-refractivity contribution in [1.82, 2.24) is 0 Å². The van der Waals surface area contributed by atoms with Crippen LogP contribution in [-0.2, 0) is 8.23 Å². The highest BCUT2D eigenvalue weighted by Crippen LogP contribution is 2.19. The summed E-state index contributed by atoms with van der Waals surface area (Å²) in [7, 11) is -6.07. The van der Waals surface area contributed by atoms with Gasteiger partial charge in [-0.15, -0.1) is 0 Å². The highest BCUT2D eigenvalue weighted by Gasteiger charge is 2.37. The Morgan fingerprint density at radius 1 is 0.684 bits per heavy atom. The predicted molar refractivity (Wildman–Crippen MR) is 96.8 cm³/mol. The lowest BCUT2D eigenvalue weighted by Crippen LogP contribution is -2.53. The van der Waals surface area contributed by atoms with E-state index in [1.807, 2.05) is 13.1 Å². The molecule has 0 radical (unpaired) electrons. The lowest BCUT2D eigenvalue weighted by atomic mass is 11.7. The van der Waals surface area contributed by atoms with Gasteiger partial charge in [-0.25, -0.2) is 0 Å². The van der Waals surface area contributed by atoms with E-state index in [0.717, 1.165) is 0 Å². The molecule has 0 spiro atoms. The molecule has 0 atom stereocenters. The van der Waals surface area contributed by atoms with Crippen molar-refractivity contribution < 1.29 is 13.3 Å². The van der Waals surface area contributed by atoms with Gasteiger partial charge >= 0.3 is 8.56 Å². The summed E-state index contributed by atoms with van der Waals surface area (Å²) in [5.41, 5.74) is 0. The van der Waals surface area contributed by atoms with E-state index in [1.54, 1.807) is 0 Å². The standard InChI is InChI=1S/C8H24O3Si3.C4H12Si/c1-12(2,3)10-14(6,7)11-13(4,5)8-9;1-5(2,3)4/h9H,8H2,1-7H3;1-4H3. The number of hydrogen-bond acceptors (Lipinski definition) is 3. The van der Waals surface area contributed by atoms with Gasteiger partial charge in [0.2, 0.25) is 8.32 Å². The Kier molecular flexibility index (Phi) is 8.89. The van der Waals surface area contributed by atoms with Gasteiger partial charge in [0.25, 0.3) is 0 Å². The average Bonchev–Trinajstić information content (AvgIpc) is 1.92. The smallest absolute Gasteiger partial charge is 0.311 e. The van der Waals surface area contributed by atoms with Gasteiger partial charge in [-0.1, -0.05) is 26.2 Å². The minimum atomic E-state index is -2.03. The van der Waals surface area contributed by atoms with Gasteiger partial charge < -0.3 is 13.3 Å². The molecule has 0 aromatic rings. The van der Waals surface area contributed by atoms with Crippen LogP contribution in [0, 0.1) is 0 Å². The molecule has 0 aromatic carbocycles. The second-order valence-corrected chi connectivity index (χ2v) is 27.1. The lowest BCUT2D eigenvalue weighted by molar-refractivity contribution is 0.315. The van der Waals surface area contributed by atoms with E-state index >= 15 is 0 Å². The molecule has 1 N–H and O–H groups in total. The van der Waals surface area contributed by atoms with Gasteiger partial charge in [-0.05, 0) is 45.8 Å². The minimum Gasteiger partial charge on any atom is -0.437 e. The highest BCUT2D eigenvalue weighted by atomic mass is 28.5. The van der Waals surface area contributed by atoms with Crippen molar-refractivity contribution in [3.05, 3.63) is 0 Å². The second-order valence-electron chi connectivity index (χ2n) is 8.63. The summed E-state index contributed by atoms with van der Waals surface area (Å²) in [6, 6.07) is 0. The van der Waals surface area contributed by atoms with Crippen molar-refractivity contribution in [2.75, 3.05) is 6.23 Å². The maximum Gasteiger partial charge on any atom is 0.311 e. The Bertz CT molecular complexity index is 249. The summed E-state index contributed by atoms with van der Waals surface area (Å²) in [6.07, 6.45) is 0.165. The molecule has 0 aromatic heterocycles. The molecular weight excluding hydrogens is 304 g/mol. The van der Waals surface area contributed by atoms with E-state index in [9.17, 15) is 5.11 Å². The summed E-state index contributed by atoms with van der Waals surface area (Å²) >= 11 is 0. The fraction of sp³-hybridized carbons (Fsp3) is 1.00. The first-order valence-electron chi connectivity index (χ1n) is 6.99. The molecule has 0 fully saturated rings. The van der Waals surface area contributed by atoms with Gasteiger partial charge in [0.15, 0.2) is 8.32 Å². The Hall–Kier alpha value is 0.748. The van der Waals surface area contributed by atoms with Gasteiger partial charge in [-0.2, -0.15) is 0 Å². The molecule has 7 heteroatoms. The number of aliphatic hydroxyl groups is 1. The zero-order valence-electron chi connectivity index (χ0n) is 15.0. The normalized spacial score (nSPS) is 13.9. The van der Waals surface area contributed by atoms with E-state index in [-0.39, 0.29) is 6.23 Å². The zero-order valence-corrected chi connectivity index (χ0v) is 19.0. The van der Waals surface area contributed by atoms with Crippen molar-refractivity contribution >= 4 is 33.3 Å². The Morgan fingerprint density at radius 2 is 1.00 bits per heavy atom. The maximum absolute atomic E-state index is 9.17. The zero-order chi connectivity index (χ0) is 16.1. The third-order valence-corrected chi connectivity index (χ3v) is 10.8. The monoisotopic (exact) mass is 340 g/mol. The molecule has 0 unspecified atom stereocenters. The first-order chi connectivity index (χ1) is 7.97.